The van der Waals surface area contributed by atoms with E-state index in [1.54, 1.807) is 6.92 Å². The van der Waals surface area contributed by atoms with Crippen molar-refractivity contribution in [3.63, 3.8) is 0 Å². The fourth-order valence-corrected chi connectivity index (χ4v) is 2.04. The number of carbonyl (C=O) groups excluding carboxylic acids is 1. The summed E-state index contributed by atoms with van der Waals surface area (Å²) in [4.78, 5) is 11.1. The third-order valence-electron chi connectivity index (χ3n) is 3.68. The molecule has 0 aliphatic carbocycles. The van der Waals surface area contributed by atoms with Crippen molar-refractivity contribution in [2.45, 2.75) is 6.92 Å². The van der Waals surface area contributed by atoms with Gasteiger partial charge in [-0.25, -0.2) is 4.79 Å². The van der Waals surface area contributed by atoms with Crippen molar-refractivity contribution in [1.29, 1.82) is 0 Å². The second-order valence-electron chi connectivity index (χ2n) is 6.60. The molecule has 0 amide bonds. The third-order valence-corrected chi connectivity index (χ3v) is 3.68. The smallest absolute Gasteiger partial charge is 0.333 e. The molecule has 0 spiro atoms. The highest BCUT2D eigenvalue weighted by molar-refractivity contribution is 5.86. The predicted octanol–water partition coefficient (Wildman–Crippen LogP) is 0.197. The highest BCUT2D eigenvalue weighted by Gasteiger charge is 2.01. The summed E-state index contributed by atoms with van der Waals surface area (Å²) in [7, 11) is 0. The zero-order chi connectivity index (χ0) is 24.2. The summed E-state index contributed by atoms with van der Waals surface area (Å²) >= 11 is 0. The number of hydrogen-bond acceptors (Lipinski definition) is 11. The molecule has 2 N–H and O–H groups in total. The molecule has 0 aromatic heterocycles. The van der Waals surface area contributed by atoms with Crippen LogP contribution in [-0.4, -0.2) is 125 Å². The molecule has 33 heavy (non-hydrogen) atoms. The zero-order valence-corrected chi connectivity index (χ0v) is 20.1. The van der Waals surface area contributed by atoms with Gasteiger partial charge in [-0.1, -0.05) is 6.58 Å². The first-order valence-electron chi connectivity index (χ1n) is 11.3. The summed E-state index contributed by atoms with van der Waals surface area (Å²) in [5.74, 6) is -0.410. The molecule has 0 rings (SSSR count). The van der Waals surface area contributed by atoms with Crippen LogP contribution in [0.1, 0.15) is 6.92 Å². The van der Waals surface area contributed by atoms with E-state index in [0.717, 1.165) is 0 Å². The van der Waals surface area contributed by atoms with Crippen molar-refractivity contribution >= 4 is 5.97 Å². The predicted molar refractivity (Wildman–Crippen MR) is 121 cm³/mol. The Balaban J connectivity index is 3.05. The van der Waals surface area contributed by atoms with Crippen LogP contribution in [0.25, 0.3) is 0 Å². The van der Waals surface area contributed by atoms with Crippen LogP contribution in [0, 0.1) is 0 Å². The first kappa shape index (κ1) is 31.9. The summed E-state index contributed by atoms with van der Waals surface area (Å²) in [6, 6.07) is 0. The average molecular weight is 482 g/mol. The van der Waals surface area contributed by atoms with Crippen LogP contribution < -0.4 is 5.73 Å². The third kappa shape index (κ3) is 27.0. The lowest BCUT2D eigenvalue weighted by atomic mass is 10.4. The van der Waals surface area contributed by atoms with Gasteiger partial charge in [-0.3, -0.25) is 0 Å². The molecular weight excluding hydrogens is 438 g/mol. The largest absolute Gasteiger partial charge is 0.460 e. The topological polar surface area (TPSA) is 126 Å². The van der Waals surface area contributed by atoms with Crippen LogP contribution in [0.5, 0.6) is 0 Å². The average Bonchev–Trinajstić information content (AvgIpc) is 2.81. The molecule has 0 saturated heterocycles. The Morgan fingerprint density at radius 1 is 0.515 bits per heavy atom. The van der Waals surface area contributed by atoms with E-state index in [1.807, 2.05) is 0 Å². The minimum Gasteiger partial charge on any atom is -0.460 e. The summed E-state index contributed by atoms with van der Waals surface area (Å²) < 4.78 is 47.7. The van der Waals surface area contributed by atoms with Gasteiger partial charge in [0.15, 0.2) is 0 Å². The zero-order valence-electron chi connectivity index (χ0n) is 20.1. The molecule has 0 saturated carbocycles. The number of esters is 1. The van der Waals surface area contributed by atoms with Crippen molar-refractivity contribution in [2.75, 3.05) is 119 Å². The molecule has 0 aromatic rings. The van der Waals surface area contributed by atoms with Crippen molar-refractivity contribution in [3.8, 4) is 0 Å². The maximum Gasteiger partial charge on any atom is 0.333 e. The van der Waals surface area contributed by atoms with Crippen LogP contribution >= 0.6 is 0 Å². The summed E-state index contributed by atoms with van der Waals surface area (Å²) in [5, 5.41) is 0. The van der Waals surface area contributed by atoms with Gasteiger partial charge in [0.25, 0.3) is 0 Å². The molecule has 0 bridgehead atoms. The maximum atomic E-state index is 11.1. The van der Waals surface area contributed by atoms with Crippen molar-refractivity contribution in [3.05, 3.63) is 12.2 Å². The molecule has 0 aliphatic rings. The van der Waals surface area contributed by atoms with Gasteiger partial charge in [-0.05, 0) is 6.92 Å². The second kappa shape index (κ2) is 27.1. The summed E-state index contributed by atoms with van der Waals surface area (Å²) in [6.45, 7) is 13.7. The highest BCUT2D eigenvalue weighted by atomic mass is 16.6. The monoisotopic (exact) mass is 481 g/mol. The lowest BCUT2D eigenvalue weighted by Gasteiger charge is -2.08. The molecule has 11 nitrogen and oxygen atoms in total. The molecule has 0 atom stereocenters. The van der Waals surface area contributed by atoms with Gasteiger partial charge >= 0.3 is 5.97 Å². The Bertz CT molecular complexity index is 439. The first-order chi connectivity index (χ1) is 16.2. The van der Waals surface area contributed by atoms with E-state index >= 15 is 0 Å². The van der Waals surface area contributed by atoms with Gasteiger partial charge in [-0.15, -0.1) is 0 Å². The Morgan fingerprint density at radius 2 is 0.758 bits per heavy atom. The maximum absolute atomic E-state index is 11.1. The number of carbonyl (C=O) groups is 1. The van der Waals surface area contributed by atoms with Crippen molar-refractivity contribution < 1.29 is 47.4 Å². The van der Waals surface area contributed by atoms with Crippen LogP contribution in [0.3, 0.4) is 0 Å². The quantitative estimate of drug-likeness (QED) is 0.0982. The van der Waals surface area contributed by atoms with Crippen LogP contribution in [0.4, 0.5) is 0 Å². The molecule has 196 valence electrons. The first-order valence-corrected chi connectivity index (χ1v) is 11.3. The molecule has 11 heteroatoms. The van der Waals surface area contributed by atoms with Gasteiger partial charge in [0.05, 0.1) is 106 Å². The molecule has 0 aliphatic heterocycles. The molecule has 0 heterocycles. The van der Waals surface area contributed by atoms with E-state index in [1.165, 1.54) is 0 Å². The normalized spacial score (nSPS) is 11.1. The molecule has 0 unspecified atom stereocenters. The molecule has 0 aromatic carbocycles. The fourth-order valence-electron chi connectivity index (χ4n) is 2.04. The Kier molecular flexibility index (Phi) is 26.2. The van der Waals surface area contributed by atoms with Gasteiger partial charge in [0, 0.05) is 12.1 Å². The Labute approximate surface area is 197 Å². The highest BCUT2D eigenvalue weighted by Crippen LogP contribution is 1.91. The van der Waals surface area contributed by atoms with E-state index in [0.29, 0.717) is 118 Å². The van der Waals surface area contributed by atoms with Gasteiger partial charge in [0.1, 0.15) is 6.61 Å². The Hall–Kier alpha value is -1.15. The minimum atomic E-state index is -0.410. The molecule has 0 radical (unpaired) electrons. The van der Waals surface area contributed by atoms with Crippen LogP contribution in [-0.2, 0) is 47.4 Å². The van der Waals surface area contributed by atoms with Crippen LogP contribution in [0.2, 0.25) is 0 Å². The fraction of sp³-hybridized carbons (Fsp3) is 0.864. The second-order valence-corrected chi connectivity index (χ2v) is 6.60. The summed E-state index contributed by atoms with van der Waals surface area (Å²) in [5.41, 5.74) is 5.68. The van der Waals surface area contributed by atoms with E-state index in [-0.39, 0.29) is 6.61 Å². The summed E-state index contributed by atoms with van der Waals surface area (Å²) in [6.07, 6.45) is 0. The van der Waals surface area contributed by atoms with Gasteiger partial charge in [0.2, 0.25) is 0 Å². The van der Waals surface area contributed by atoms with E-state index in [9.17, 15) is 4.79 Å². The van der Waals surface area contributed by atoms with Crippen LogP contribution in [0.15, 0.2) is 12.2 Å². The lowest BCUT2D eigenvalue weighted by molar-refractivity contribution is -0.140. The number of ether oxygens (including phenoxy) is 9. The minimum absolute atomic E-state index is 0.204. The van der Waals surface area contributed by atoms with E-state index in [4.69, 9.17) is 48.4 Å². The van der Waals surface area contributed by atoms with Crippen molar-refractivity contribution in [1.82, 2.24) is 0 Å². The molecular formula is C22H43NO10. The number of hydrogen-bond donors (Lipinski definition) is 1. The molecule has 0 fully saturated rings. The lowest BCUT2D eigenvalue weighted by Crippen LogP contribution is -2.15. The number of nitrogens with two attached hydrogens (primary N) is 1. The van der Waals surface area contributed by atoms with Gasteiger partial charge in [-0.2, -0.15) is 0 Å². The SMILES string of the molecule is C=C(C)C(=O)OCCOCCOCCOCCOCCOCCOCCOCCOCCN. The Morgan fingerprint density at radius 3 is 1.00 bits per heavy atom. The standard InChI is InChI=1S/C22H43NO10/c1-21(2)22(24)33-20-19-32-18-17-31-16-15-30-14-13-29-12-11-28-10-9-27-8-7-26-6-5-25-4-3-23/h1,3-20,23H2,2H3. The van der Waals surface area contributed by atoms with Crippen molar-refractivity contribution in [2.24, 2.45) is 5.73 Å². The number of rotatable bonds is 27. The van der Waals surface area contributed by atoms with E-state index in [2.05, 4.69) is 6.58 Å². The van der Waals surface area contributed by atoms with Gasteiger partial charge < -0.3 is 48.4 Å². The van der Waals surface area contributed by atoms with E-state index < -0.39 is 5.97 Å².